The zero-order valence-electron chi connectivity index (χ0n) is 6.31. The molecule has 1 aromatic rings. The van der Waals surface area contributed by atoms with Crippen molar-refractivity contribution < 1.29 is 5.11 Å². The lowest BCUT2D eigenvalue weighted by Crippen LogP contribution is -2.01. The summed E-state index contributed by atoms with van der Waals surface area (Å²) in [6, 6.07) is 7.03. The Hall–Kier alpha value is -1.71. The van der Waals surface area contributed by atoms with E-state index in [9.17, 15) is 5.11 Å². The van der Waals surface area contributed by atoms with E-state index < -0.39 is 0 Å². The molecule has 4 heteroatoms. The van der Waals surface area contributed by atoms with Crippen LogP contribution in [0.5, 0.6) is 5.75 Å². The van der Waals surface area contributed by atoms with Crippen molar-refractivity contribution in [1.82, 2.24) is 0 Å². The van der Waals surface area contributed by atoms with Crippen molar-refractivity contribution in [3.05, 3.63) is 29.8 Å². The van der Waals surface area contributed by atoms with Gasteiger partial charge in [0.1, 0.15) is 12.3 Å². The Bertz CT molecular complexity index is 357. The van der Waals surface area contributed by atoms with E-state index in [1.54, 1.807) is 18.2 Å². The van der Waals surface area contributed by atoms with Gasteiger partial charge in [0.15, 0.2) is 0 Å². The van der Waals surface area contributed by atoms with Crippen LogP contribution in [0.2, 0.25) is 0 Å². The Morgan fingerprint density at radius 3 is 2.75 bits per heavy atom. The summed E-state index contributed by atoms with van der Waals surface area (Å²) in [5, 5.41) is 20.4. The zero-order valence-corrected chi connectivity index (χ0v) is 6.31. The fraction of sp³-hybridized carbons (Fsp3) is 0.125. The number of benzene rings is 1. The van der Waals surface area contributed by atoms with Crippen LogP contribution in [0.3, 0.4) is 0 Å². The Labute approximate surface area is 69.3 Å². The van der Waals surface area contributed by atoms with Crippen LogP contribution < -0.4 is 0 Å². The van der Waals surface area contributed by atoms with Gasteiger partial charge in [0.25, 0.3) is 0 Å². The molecule has 4 nitrogen and oxygen atoms in total. The predicted molar refractivity (Wildman–Crippen MR) is 44.4 cm³/mol. The first kappa shape index (κ1) is 6.97. The molecular weight excluding hydrogens is 154 g/mol. The fourth-order valence-electron chi connectivity index (χ4n) is 1.07. The molecule has 0 spiro atoms. The van der Waals surface area contributed by atoms with Crippen LogP contribution in [-0.2, 0) is 0 Å². The van der Waals surface area contributed by atoms with Gasteiger partial charge in [-0.25, -0.2) is 0 Å². The Morgan fingerprint density at radius 1 is 1.25 bits per heavy atom. The van der Waals surface area contributed by atoms with Crippen LogP contribution in [0.25, 0.3) is 0 Å². The summed E-state index contributed by atoms with van der Waals surface area (Å²) in [6.07, 6.45) is 0. The van der Waals surface area contributed by atoms with Crippen molar-refractivity contribution in [3.63, 3.8) is 0 Å². The number of para-hydroxylation sites is 1. The molecule has 1 aliphatic rings. The van der Waals surface area contributed by atoms with Crippen LogP contribution in [0, 0.1) is 0 Å². The average Bonchev–Trinajstić information content (AvgIpc) is 2.57. The highest BCUT2D eigenvalue weighted by atomic mass is 16.3. The average molecular weight is 161 g/mol. The molecule has 0 atom stereocenters. The minimum atomic E-state index is 0.226. The molecule has 0 aliphatic carbocycles. The first-order chi connectivity index (χ1) is 5.88. The highest BCUT2D eigenvalue weighted by Crippen LogP contribution is 2.18. The van der Waals surface area contributed by atoms with Crippen molar-refractivity contribution in [2.75, 3.05) is 6.54 Å². The van der Waals surface area contributed by atoms with Gasteiger partial charge in [-0.3, -0.25) is 0 Å². The molecule has 12 heavy (non-hydrogen) atoms. The summed E-state index contributed by atoms with van der Waals surface area (Å²) in [5.74, 6) is 0.226. The second-order valence-corrected chi connectivity index (χ2v) is 2.45. The van der Waals surface area contributed by atoms with Gasteiger partial charge in [0, 0.05) is 5.56 Å². The van der Waals surface area contributed by atoms with Crippen LogP contribution in [0.1, 0.15) is 5.56 Å². The molecular formula is C8H7N3O. The molecule has 0 bridgehead atoms. The van der Waals surface area contributed by atoms with Crippen molar-refractivity contribution in [2.45, 2.75) is 0 Å². The van der Waals surface area contributed by atoms with Gasteiger partial charge in [-0.2, -0.15) is 5.11 Å². The van der Waals surface area contributed by atoms with E-state index in [0.29, 0.717) is 17.8 Å². The Morgan fingerprint density at radius 2 is 2.08 bits per heavy atom. The highest BCUT2D eigenvalue weighted by Gasteiger charge is 2.10. The number of aromatic hydroxyl groups is 1. The first-order valence-corrected chi connectivity index (χ1v) is 3.59. The van der Waals surface area contributed by atoms with Crippen molar-refractivity contribution in [1.29, 1.82) is 0 Å². The molecule has 1 N–H and O–H groups in total. The van der Waals surface area contributed by atoms with E-state index in [1.807, 2.05) is 6.07 Å². The highest BCUT2D eigenvalue weighted by molar-refractivity contribution is 6.04. The van der Waals surface area contributed by atoms with Crippen LogP contribution in [0.4, 0.5) is 0 Å². The van der Waals surface area contributed by atoms with Gasteiger partial charge in [-0.1, -0.05) is 12.1 Å². The summed E-state index contributed by atoms with van der Waals surface area (Å²) < 4.78 is 0. The smallest absolute Gasteiger partial charge is 0.124 e. The summed E-state index contributed by atoms with van der Waals surface area (Å²) in [7, 11) is 0. The maximum absolute atomic E-state index is 9.41. The number of hydrogen-bond acceptors (Lipinski definition) is 4. The van der Waals surface area contributed by atoms with Crippen LogP contribution >= 0.6 is 0 Å². The summed E-state index contributed by atoms with van der Waals surface area (Å²) in [4.78, 5) is 0. The molecule has 1 aromatic carbocycles. The standard InChI is InChI=1S/C8H7N3O/c12-8-4-2-1-3-6(8)7-5-9-11-10-7/h1-4,12H,5H2. The summed E-state index contributed by atoms with van der Waals surface area (Å²) in [5.41, 5.74) is 1.43. The molecule has 2 rings (SSSR count). The number of nitrogens with zero attached hydrogens (tertiary/aromatic N) is 3. The Balaban J connectivity index is 2.40. The lowest BCUT2D eigenvalue weighted by molar-refractivity contribution is 0.474. The Kier molecular flexibility index (Phi) is 1.59. The lowest BCUT2D eigenvalue weighted by atomic mass is 10.1. The molecule has 0 amide bonds. The van der Waals surface area contributed by atoms with E-state index in [1.165, 1.54) is 0 Å². The van der Waals surface area contributed by atoms with Gasteiger partial charge in [0.2, 0.25) is 0 Å². The largest absolute Gasteiger partial charge is 0.507 e. The molecule has 60 valence electrons. The molecule has 0 saturated heterocycles. The van der Waals surface area contributed by atoms with Gasteiger partial charge < -0.3 is 5.11 Å². The van der Waals surface area contributed by atoms with Gasteiger partial charge >= 0.3 is 0 Å². The zero-order chi connectivity index (χ0) is 8.39. The van der Waals surface area contributed by atoms with E-state index >= 15 is 0 Å². The summed E-state index contributed by atoms with van der Waals surface area (Å²) >= 11 is 0. The number of phenols is 1. The second-order valence-electron chi connectivity index (χ2n) is 2.45. The van der Waals surface area contributed by atoms with Crippen LogP contribution in [-0.4, -0.2) is 17.4 Å². The maximum Gasteiger partial charge on any atom is 0.124 e. The summed E-state index contributed by atoms with van der Waals surface area (Å²) in [6.45, 7) is 0.456. The quantitative estimate of drug-likeness (QED) is 0.667. The molecule has 0 unspecified atom stereocenters. The van der Waals surface area contributed by atoms with Gasteiger partial charge in [0.05, 0.1) is 5.71 Å². The molecule has 0 radical (unpaired) electrons. The molecule has 0 saturated carbocycles. The minimum Gasteiger partial charge on any atom is -0.507 e. The maximum atomic E-state index is 9.41. The third-order valence-electron chi connectivity index (χ3n) is 1.66. The third-order valence-corrected chi connectivity index (χ3v) is 1.66. The topological polar surface area (TPSA) is 57.3 Å². The predicted octanol–water partition coefficient (Wildman–Crippen LogP) is 1.56. The second kappa shape index (κ2) is 2.73. The molecule has 0 fully saturated rings. The minimum absolute atomic E-state index is 0.226. The number of phenolic OH excluding ortho intramolecular Hbond substituents is 1. The number of rotatable bonds is 1. The molecule has 0 aromatic heterocycles. The van der Waals surface area contributed by atoms with Crippen molar-refractivity contribution >= 4 is 5.71 Å². The van der Waals surface area contributed by atoms with Crippen molar-refractivity contribution in [3.8, 4) is 5.75 Å². The fourth-order valence-corrected chi connectivity index (χ4v) is 1.07. The van der Waals surface area contributed by atoms with E-state index in [4.69, 9.17) is 0 Å². The normalized spacial score (nSPS) is 14.8. The first-order valence-electron chi connectivity index (χ1n) is 3.59. The van der Waals surface area contributed by atoms with E-state index in [-0.39, 0.29) is 5.75 Å². The SMILES string of the molecule is Oc1ccccc1C1=NN=NC1. The third kappa shape index (κ3) is 1.07. The molecule has 1 heterocycles. The van der Waals surface area contributed by atoms with Gasteiger partial charge in [-0.05, 0) is 17.4 Å². The van der Waals surface area contributed by atoms with Crippen LogP contribution in [0.15, 0.2) is 39.7 Å². The van der Waals surface area contributed by atoms with E-state index in [2.05, 4.69) is 15.4 Å². The monoisotopic (exact) mass is 161 g/mol. The number of hydrogen-bond donors (Lipinski definition) is 1. The molecule has 1 aliphatic heterocycles. The van der Waals surface area contributed by atoms with Gasteiger partial charge in [-0.15, -0.1) is 5.10 Å². The van der Waals surface area contributed by atoms with E-state index in [0.717, 1.165) is 0 Å². The lowest BCUT2D eigenvalue weighted by Gasteiger charge is -1.99. The van der Waals surface area contributed by atoms with Crippen molar-refractivity contribution in [2.24, 2.45) is 15.4 Å².